The monoisotopic (exact) mass is 259 g/mol. The van der Waals surface area contributed by atoms with Gasteiger partial charge in [-0.15, -0.1) is 0 Å². The summed E-state index contributed by atoms with van der Waals surface area (Å²) in [6.45, 7) is 6.78. The topological polar surface area (TPSA) is 21.3 Å². The van der Waals surface area contributed by atoms with Gasteiger partial charge in [0, 0.05) is 12.1 Å². The Morgan fingerprint density at radius 2 is 2.21 bits per heavy atom. The first kappa shape index (κ1) is 13.0. The van der Waals surface area contributed by atoms with Crippen LogP contribution < -0.4 is 10.1 Å². The fraction of sp³-hybridized carbons (Fsp3) is 0.647. The molecule has 1 saturated carbocycles. The summed E-state index contributed by atoms with van der Waals surface area (Å²) in [5.41, 5.74) is 3.29. The smallest absolute Gasteiger partial charge is 0.124 e. The molecule has 1 aliphatic carbocycles. The van der Waals surface area contributed by atoms with Gasteiger partial charge in [-0.3, -0.25) is 0 Å². The second-order valence-electron chi connectivity index (χ2n) is 6.82. The van der Waals surface area contributed by atoms with Crippen molar-refractivity contribution >= 4 is 0 Å². The molecule has 1 heterocycles. The minimum atomic E-state index is 0.400. The van der Waals surface area contributed by atoms with Gasteiger partial charge in [-0.1, -0.05) is 26.0 Å². The van der Waals surface area contributed by atoms with Crippen LogP contribution in [0.4, 0.5) is 0 Å². The Kier molecular flexibility index (Phi) is 3.53. The van der Waals surface area contributed by atoms with E-state index >= 15 is 0 Å². The van der Waals surface area contributed by atoms with Gasteiger partial charge in [0.05, 0.1) is 6.10 Å². The molecule has 104 valence electrons. The molecule has 0 aromatic heterocycles. The maximum atomic E-state index is 6.35. The lowest BCUT2D eigenvalue weighted by atomic mass is 9.76. The third-order valence-corrected chi connectivity index (χ3v) is 4.56. The molecule has 19 heavy (non-hydrogen) atoms. The lowest BCUT2D eigenvalue weighted by Gasteiger charge is -2.36. The summed E-state index contributed by atoms with van der Waals surface area (Å²) in [6.07, 6.45) is 6.55. The van der Waals surface area contributed by atoms with Crippen LogP contribution in [0.15, 0.2) is 18.2 Å². The Morgan fingerprint density at radius 1 is 1.32 bits per heavy atom. The maximum Gasteiger partial charge on any atom is 0.124 e. The zero-order chi connectivity index (χ0) is 13.3. The fourth-order valence-electron chi connectivity index (χ4n) is 3.50. The van der Waals surface area contributed by atoms with Crippen LogP contribution in [0.5, 0.6) is 5.75 Å². The first-order valence-electron chi connectivity index (χ1n) is 7.62. The fourth-order valence-corrected chi connectivity index (χ4v) is 3.50. The highest BCUT2D eigenvalue weighted by Crippen LogP contribution is 2.37. The van der Waals surface area contributed by atoms with Crippen LogP contribution in [0.25, 0.3) is 0 Å². The van der Waals surface area contributed by atoms with E-state index in [0.717, 1.165) is 25.3 Å². The normalized spacial score (nSPS) is 25.7. The highest BCUT2D eigenvalue weighted by Gasteiger charge is 2.29. The molecule has 0 amide bonds. The van der Waals surface area contributed by atoms with Crippen LogP contribution in [0.2, 0.25) is 0 Å². The predicted molar refractivity (Wildman–Crippen MR) is 78.5 cm³/mol. The van der Waals surface area contributed by atoms with Crippen LogP contribution >= 0.6 is 0 Å². The second-order valence-corrected chi connectivity index (χ2v) is 6.82. The van der Waals surface area contributed by atoms with Gasteiger partial charge in [0.1, 0.15) is 5.75 Å². The van der Waals surface area contributed by atoms with E-state index in [1.807, 2.05) is 0 Å². The van der Waals surface area contributed by atoms with Gasteiger partial charge >= 0.3 is 0 Å². The van der Waals surface area contributed by atoms with E-state index in [-0.39, 0.29) is 0 Å². The van der Waals surface area contributed by atoms with E-state index in [4.69, 9.17) is 4.74 Å². The van der Waals surface area contributed by atoms with E-state index in [0.29, 0.717) is 11.5 Å². The number of hydrogen-bond acceptors (Lipinski definition) is 2. The highest BCUT2D eigenvalue weighted by atomic mass is 16.5. The molecule has 1 aliphatic heterocycles. The third-order valence-electron chi connectivity index (χ3n) is 4.56. The van der Waals surface area contributed by atoms with E-state index in [9.17, 15) is 0 Å². The SMILES string of the molecule is CC1(C)CCCC(Oc2cccc3c2CNCC3)C1. The van der Waals surface area contributed by atoms with Gasteiger partial charge in [0.15, 0.2) is 0 Å². The van der Waals surface area contributed by atoms with Gasteiger partial charge in [-0.2, -0.15) is 0 Å². The van der Waals surface area contributed by atoms with Gasteiger partial charge in [-0.05, 0) is 55.7 Å². The summed E-state index contributed by atoms with van der Waals surface area (Å²) >= 11 is 0. The molecule has 0 spiro atoms. The zero-order valence-corrected chi connectivity index (χ0v) is 12.2. The first-order valence-corrected chi connectivity index (χ1v) is 7.62. The number of fused-ring (bicyclic) bond motifs is 1. The molecule has 1 fully saturated rings. The molecule has 0 radical (unpaired) electrons. The Labute approximate surface area is 116 Å². The molecular formula is C17H25NO. The van der Waals surface area contributed by atoms with Crippen molar-refractivity contribution in [1.82, 2.24) is 5.32 Å². The van der Waals surface area contributed by atoms with Gasteiger partial charge < -0.3 is 10.1 Å². The number of benzene rings is 1. The van der Waals surface area contributed by atoms with Crippen molar-refractivity contribution in [3.05, 3.63) is 29.3 Å². The number of rotatable bonds is 2. The van der Waals surface area contributed by atoms with E-state index < -0.39 is 0 Å². The molecule has 0 bridgehead atoms. The van der Waals surface area contributed by atoms with Crippen LogP contribution in [0.3, 0.4) is 0 Å². The highest BCUT2D eigenvalue weighted by molar-refractivity contribution is 5.41. The van der Waals surface area contributed by atoms with Crippen molar-refractivity contribution in [1.29, 1.82) is 0 Å². The summed E-state index contributed by atoms with van der Waals surface area (Å²) in [4.78, 5) is 0. The van der Waals surface area contributed by atoms with Crippen molar-refractivity contribution in [2.75, 3.05) is 6.54 Å². The average Bonchev–Trinajstić information content (AvgIpc) is 2.38. The summed E-state index contributed by atoms with van der Waals surface area (Å²) in [6, 6.07) is 6.54. The molecular weight excluding hydrogens is 234 g/mol. The molecule has 1 unspecified atom stereocenters. The standard InChI is InChI=1S/C17H25NO/c1-17(2)9-4-6-14(11-17)19-16-7-3-5-13-8-10-18-12-15(13)16/h3,5,7,14,18H,4,6,8-12H2,1-2H3. The second kappa shape index (κ2) is 5.16. The van der Waals surface area contributed by atoms with Crippen molar-refractivity contribution < 1.29 is 4.74 Å². The van der Waals surface area contributed by atoms with Crippen LogP contribution in [0.1, 0.15) is 50.7 Å². The molecule has 3 rings (SSSR count). The summed E-state index contributed by atoms with van der Waals surface area (Å²) < 4.78 is 6.35. The van der Waals surface area contributed by atoms with Gasteiger partial charge in [-0.25, -0.2) is 0 Å². The van der Waals surface area contributed by atoms with E-state index in [1.165, 1.54) is 36.8 Å². The Morgan fingerprint density at radius 3 is 3.05 bits per heavy atom. The molecule has 1 aromatic carbocycles. The van der Waals surface area contributed by atoms with Crippen molar-refractivity contribution in [3.63, 3.8) is 0 Å². The predicted octanol–water partition coefficient (Wildman–Crippen LogP) is 3.68. The van der Waals surface area contributed by atoms with Gasteiger partial charge in [0.2, 0.25) is 0 Å². The Bertz CT molecular complexity index is 453. The summed E-state index contributed by atoms with van der Waals surface area (Å²) in [7, 11) is 0. The minimum absolute atomic E-state index is 0.400. The summed E-state index contributed by atoms with van der Waals surface area (Å²) in [5.74, 6) is 1.12. The van der Waals surface area contributed by atoms with Crippen LogP contribution in [0, 0.1) is 5.41 Å². The molecule has 1 aromatic rings. The lowest BCUT2D eigenvalue weighted by Crippen LogP contribution is -2.31. The molecule has 0 saturated heterocycles. The lowest BCUT2D eigenvalue weighted by molar-refractivity contribution is 0.0840. The van der Waals surface area contributed by atoms with Crippen molar-refractivity contribution in [2.24, 2.45) is 5.41 Å². The zero-order valence-electron chi connectivity index (χ0n) is 12.2. The molecule has 2 heteroatoms. The third kappa shape index (κ3) is 2.94. The largest absolute Gasteiger partial charge is 0.490 e. The number of ether oxygens (including phenoxy) is 1. The molecule has 2 nitrogen and oxygen atoms in total. The summed E-state index contributed by atoms with van der Waals surface area (Å²) in [5, 5.41) is 3.45. The minimum Gasteiger partial charge on any atom is -0.490 e. The van der Waals surface area contributed by atoms with Crippen molar-refractivity contribution in [3.8, 4) is 5.75 Å². The van der Waals surface area contributed by atoms with E-state index in [1.54, 1.807) is 0 Å². The molecule has 1 atom stereocenters. The Hall–Kier alpha value is -1.02. The number of hydrogen-bond donors (Lipinski definition) is 1. The molecule has 2 aliphatic rings. The van der Waals surface area contributed by atoms with Crippen molar-refractivity contribution in [2.45, 2.75) is 58.6 Å². The van der Waals surface area contributed by atoms with Crippen LogP contribution in [-0.2, 0) is 13.0 Å². The van der Waals surface area contributed by atoms with Crippen LogP contribution in [-0.4, -0.2) is 12.6 Å². The quantitative estimate of drug-likeness (QED) is 0.875. The maximum absolute atomic E-state index is 6.35. The van der Waals surface area contributed by atoms with Gasteiger partial charge in [0.25, 0.3) is 0 Å². The first-order chi connectivity index (χ1) is 9.14. The molecule has 1 N–H and O–H groups in total. The number of nitrogens with one attached hydrogen (secondary N) is 1. The average molecular weight is 259 g/mol. The van der Waals surface area contributed by atoms with E-state index in [2.05, 4.69) is 37.4 Å². The Balaban J connectivity index is 1.76.